The van der Waals surface area contributed by atoms with E-state index in [1.807, 2.05) is 30.3 Å². The van der Waals surface area contributed by atoms with Crippen LogP contribution >= 0.6 is 0 Å². The van der Waals surface area contributed by atoms with Crippen LogP contribution in [0.15, 0.2) is 48.5 Å². The molecule has 1 fully saturated rings. The summed E-state index contributed by atoms with van der Waals surface area (Å²) in [5.74, 6) is 0.116. The summed E-state index contributed by atoms with van der Waals surface area (Å²) in [5, 5.41) is 3.08. The molecule has 0 unspecified atom stereocenters. The summed E-state index contributed by atoms with van der Waals surface area (Å²) in [4.78, 5) is 28.4. The van der Waals surface area contributed by atoms with Gasteiger partial charge >= 0.3 is 0 Å². The second-order valence-electron chi connectivity index (χ2n) is 9.72. The van der Waals surface area contributed by atoms with Gasteiger partial charge in [-0.25, -0.2) is 8.42 Å². The zero-order valence-corrected chi connectivity index (χ0v) is 22.9. The van der Waals surface area contributed by atoms with Gasteiger partial charge in [-0.15, -0.1) is 0 Å². The third-order valence-electron chi connectivity index (χ3n) is 7.15. The number of rotatable bonds is 11. The second-order valence-corrected chi connectivity index (χ2v) is 11.9. The molecule has 1 atom stereocenters. The number of sulfonamides is 1. The van der Waals surface area contributed by atoms with Gasteiger partial charge in [0.2, 0.25) is 21.8 Å². The molecule has 9 nitrogen and oxygen atoms in total. The van der Waals surface area contributed by atoms with Crippen LogP contribution in [0.4, 0.5) is 5.69 Å². The van der Waals surface area contributed by atoms with E-state index in [0.29, 0.717) is 36.8 Å². The van der Waals surface area contributed by atoms with Crippen LogP contribution in [-0.4, -0.2) is 69.3 Å². The zero-order valence-electron chi connectivity index (χ0n) is 22.1. The molecular weight excluding hydrogens is 506 g/mol. The predicted octanol–water partition coefficient (Wildman–Crippen LogP) is 3.13. The summed E-state index contributed by atoms with van der Waals surface area (Å²) in [6.45, 7) is 3.87. The van der Waals surface area contributed by atoms with Gasteiger partial charge < -0.3 is 19.7 Å². The van der Waals surface area contributed by atoms with Crippen molar-refractivity contribution < 1.29 is 27.5 Å². The van der Waals surface area contributed by atoms with E-state index in [1.54, 1.807) is 25.1 Å². The topological polar surface area (TPSA) is 105 Å². The largest absolute Gasteiger partial charge is 0.486 e. The smallest absolute Gasteiger partial charge is 0.244 e. The SMILES string of the molecule is CCS(=O)(=O)N(CC(=O)N(CCc1ccccc1)[C@H](C)C(=O)NC1CCCC1)c1ccc2c(c1)OCCO2. The summed E-state index contributed by atoms with van der Waals surface area (Å²) in [7, 11) is -3.81. The number of hydrogen-bond donors (Lipinski definition) is 1. The van der Waals surface area contributed by atoms with E-state index in [9.17, 15) is 18.0 Å². The molecular formula is C28H37N3O6S. The first-order chi connectivity index (χ1) is 18.3. The highest BCUT2D eigenvalue weighted by molar-refractivity contribution is 7.92. The summed E-state index contributed by atoms with van der Waals surface area (Å²) in [5.41, 5.74) is 1.34. The molecule has 4 rings (SSSR count). The van der Waals surface area contributed by atoms with Gasteiger partial charge in [-0.05, 0) is 50.8 Å². The molecule has 38 heavy (non-hydrogen) atoms. The van der Waals surface area contributed by atoms with Crippen molar-refractivity contribution in [2.24, 2.45) is 0 Å². The number of carbonyl (C=O) groups excluding carboxylic acids is 2. The summed E-state index contributed by atoms with van der Waals surface area (Å²) >= 11 is 0. The van der Waals surface area contributed by atoms with Gasteiger partial charge in [-0.2, -0.15) is 0 Å². The number of anilines is 1. The third kappa shape index (κ3) is 6.78. The van der Waals surface area contributed by atoms with E-state index in [-0.39, 0.29) is 24.2 Å². The lowest BCUT2D eigenvalue weighted by atomic mass is 10.1. The van der Waals surface area contributed by atoms with Gasteiger partial charge in [0.25, 0.3) is 0 Å². The Kier molecular flexibility index (Phi) is 9.14. The number of ether oxygens (including phenoxy) is 2. The van der Waals surface area contributed by atoms with E-state index >= 15 is 0 Å². The molecule has 1 saturated carbocycles. The number of hydrogen-bond acceptors (Lipinski definition) is 6. The lowest BCUT2D eigenvalue weighted by Gasteiger charge is -2.32. The van der Waals surface area contributed by atoms with Crippen LogP contribution in [0.1, 0.15) is 45.1 Å². The van der Waals surface area contributed by atoms with Crippen LogP contribution in [0.5, 0.6) is 11.5 Å². The van der Waals surface area contributed by atoms with Gasteiger partial charge in [-0.1, -0.05) is 43.2 Å². The van der Waals surface area contributed by atoms with Gasteiger partial charge in [0.05, 0.1) is 11.4 Å². The minimum absolute atomic E-state index is 0.116. The zero-order chi connectivity index (χ0) is 27.1. The van der Waals surface area contributed by atoms with Crippen LogP contribution in [0.25, 0.3) is 0 Å². The van der Waals surface area contributed by atoms with Crippen molar-refractivity contribution in [1.29, 1.82) is 0 Å². The number of carbonyl (C=O) groups is 2. The van der Waals surface area contributed by atoms with Crippen molar-refractivity contribution in [3.63, 3.8) is 0 Å². The predicted molar refractivity (Wildman–Crippen MR) is 146 cm³/mol. The van der Waals surface area contributed by atoms with Crippen molar-refractivity contribution in [1.82, 2.24) is 10.2 Å². The molecule has 0 aromatic heterocycles. The van der Waals surface area contributed by atoms with Crippen molar-refractivity contribution in [3.8, 4) is 11.5 Å². The van der Waals surface area contributed by atoms with E-state index in [0.717, 1.165) is 35.6 Å². The minimum atomic E-state index is -3.81. The van der Waals surface area contributed by atoms with Crippen molar-refractivity contribution >= 4 is 27.5 Å². The maximum absolute atomic E-state index is 13.8. The molecule has 0 saturated heterocycles. The first-order valence-corrected chi connectivity index (χ1v) is 14.9. The number of benzene rings is 2. The van der Waals surface area contributed by atoms with Crippen molar-refractivity contribution in [2.75, 3.05) is 36.4 Å². The average molecular weight is 544 g/mol. The van der Waals surface area contributed by atoms with Gasteiger partial charge in [-0.3, -0.25) is 13.9 Å². The summed E-state index contributed by atoms with van der Waals surface area (Å²) in [6.07, 6.45) is 4.56. The highest BCUT2D eigenvalue weighted by Gasteiger charge is 2.32. The summed E-state index contributed by atoms with van der Waals surface area (Å²) in [6, 6.07) is 13.9. The maximum atomic E-state index is 13.8. The van der Waals surface area contributed by atoms with Gasteiger partial charge in [0.15, 0.2) is 11.5 Å². The molecule has 2 amide bonds. The Balaban J connectivity index is 1.58. The number of fused-ring (bicyclic) bond motifs is 1. The van der Waals surface area contributed by atoms with Gasteiger partial charge in [0, 0.05) is 18.7 Å². The maximum Gasteiger partial charge on any atom is 0.244 e. The van der Waals surface area contributed by atoms with Crippen LogP contribution in [-0.2, 0) is 26.0 Å². The Morgan fingerprint density at radius 3 is 2.39 bits per heavy atom. The molecule has 2 aromatic rings. The lowest BCUT2D eigenvalue weighted by Crippen LogP contribution is -2.53. The Hall–Kier alpha value is -3.27. The van der Waals surface area contributed by atoms with Crippen LogP contribution < -0.4 is 19.1 Å². The molecule has 0 bridgehead atoms. The Morgan fingerprint density at radius 1 is 1.03 bits per heavy atom. The van der Waals surface area contributed by atoms with Crippen LogP contribution in [0, 0.1) is 0 Å². The third-order valence-corrected chi connectivity index (χ3v) is 8.89. The first-order valence-electron chi connectivity index (χ1n) is 13.3. The summed E-state index contributed by atoms with van der Waals surface area (Å²) < 4.78 is 38.6. The molecule has 2 aliphatic rings. The van der Waals surface area contributed by atoms with E-state index in [1.165, 1.54) is 11.8 Å². The molecule has 1 aliphatic heterocycles. The Labute approximate surface area is 225 Å². The Bertz CT molecular complexity index is 1210. The molecule has 1 heterocycles. The molecule has 1 N–H and O–H groups in total. The number of nitrogens with one attached hydrogen (secondary N) is 1. The van der Waals surface area contributed by atoms with E-state index in [4.69, 9.17) is 9.47 Å². The molecule has 0 spiro atoms. The van der Waals surface area contributed by atoms with E-state index < -0.39 is 28.5 Å². The van der Waals surface area contributed by atoms with E-state index in [2.05, 4.69) is 5.32 Å². The molecule has 2 aromatic carbocycles. The van der Waals surface area contributed by atoms with Gasteiger partial charge in [0.1, 0.15) is 25.8 Å². The monoisotopic (exact) mass is 543 g/mol. The highest BCUT2D eigenvalue weighted by Crippen LogP contribution is 2.35. The average Bonchev–Trinajstić information content (AvgIpc) is 3.45. The van der Waals surface area contributed by atoms with Crippen molar-refractivity contribution in [2.45, 2.75) is 58.0 Å². The fraction of sp³-hybridized carbons (Fsp3) is 0.500. The van der Waals surface area contributed by atoms with Crippen molar-refractivity contribution in [3.05, 3.63) is 54.1 Å². The second kappa shape index (κ2) is 12.5. The number of amides is 2. The standard InChI is InChI=1S/C28H37N3O6S/c1-3-38(34,35)31(24-13-14-25-26(19-24)37-18-17-36-25)20-27(32)30(16-15-22-9-5-4-6-10-22)21(2)28(33)29-23-11-7-8-12-23/h4-6,9-10,13-14,19,21,23H,3,7-8,11-12,15-18,20H2,1-2H3,(H,29,33)/t21-/m1/s1. The first kappa shape index (κ1) is 27.8. The van der Waals surface area contributed by atoms with Crippen LogP contribution in [0.3, 0.4) is 0 Å². The molecule has 206 valence electrons. The lowest BCUT2D eigenvalue weighted by molar-refractivity contribution is -0.139. The fourth-order valence-corrected chi connectivity index (χ4v) is 5.92. The quantitative estimate of drug-likeness (QED) is 0.467. The highest BCUT2D eigenvalue weighted by atomic mass is 32.2. The molecule has 1 aliphatic carbocycles. The molecule has 10 heteroatoms. The van der Waals surface area contributed by atoms with Crippen LogP contribution in [0.2, 0.25) is 0 Å². The normalized spacial score (nSPS) is 16.1. The molecule has 0 radical (unpaired) electrons. The minimum Gasteiger partial charge on any atom is -0.486 e. The Morgan fingerprint density at radius 2 is 1.71 bits per heavy atom. The fourth-order valence-electron chi connectivity index (χ4n) is 4.87. The number of nitrogens with zero attached hydrogens (tertiary/aromatic N) is 2.